The Morgan fingerprint density at radius 2 is 2.09 bits per heavy atom. The number of hydrogen-bond acceptors (Lipinski definition) is 8. The number of H-pyrrole nitrogens is 1. The maximum Gasteiger partial charge on any atom is 0.256 e. The highest BCUT2D eigenvalue weighted by Gasteiger charge is 2.19. The van der Waals surface area contributed by atoms with Crippen molar-refractivity contribution in [2.45, 2.75) is 19.9 Å². The van der Waals surface area contributed by atoms with Gasteiger partial charge in [-0.1, -0.05) is 0 Å². The SMILES string of the molecule is COc1nn(C)cc1Nc1ncc(C)c(-c2c[nH]c3c(NC(=O)[C@@H](C)N(C)C)nccc23)n1. The largest absolute Gasteiger partial charge is 0.478 e. The lowest BCUT2D eigenvalue weighted by molar-refractivity contribution is -0.119. The number of rotatable bonds is 7. The van der Waals surface area contributed by atoms with E-state index in [2.05, 4.69) is 30.7 Å². The number of aromatic nitrogens is 6. The molecule has 0 aliphatic rings. The monoisotopic (exact) mass is 449 g/mol. The lowest BCUT2D eigenvalue weighted by Gasteiger charge is -2.18. The molecule has 4 aromatic rings. The van der Waals surface area contributed by atoms with Crippen molar-refractivity contribution in [3.05, 3.63) is 36.4 Å². The third-order valence-electron chi connectivity index (χ3n) is 5.46. The first-order valence-electron chi connectivity index (χ1n) is 10.4. The Kier molecular flexibility index (Phi) is 5.97. The summed E-state index contributed by atoms with van der Waals surface area (Å²) in [5.41, 5.74) is 3.94. The van der Waals surface area contributed by atoms with Crippen LogP contribution in [0, 0.1) is 6.92 Å². The first kappa shape index (κ1) is 22.2. The second-order valence-corrected chi connectivity index (χ2v) is 7.99. The number of anilines is 3. The number of amides is 1. The van der Waals surface area contributed by atoms with Crippen molar-refractivity contribution in [3.63, 3.8) is 0 Å². The minimum atomic E-state index is -0.293. The summed E-state index contributed by atoms with van der Waals surface area (Å²) >= 11 is 0. The van der Waals surface area contributed by atoms with Gasteiger partial charge in [0.1, 0.15) is 5.69 Å². The molecule has 1 atom stereocenters. The van der Waals surface area contributed by atoms with E-state index in [0.29, 0.717) is 23.3 Å². The Hall–Kier alpha value is -3.99. The highest BCUT2D eigenvalue weighted by atomic mass is 16.5. The molecule has 172 valence electrons. The number of likely N-dealkylation sites (N-methyl/N-ethyl adjacent to an activating group) is 1. The number of hydrogen-bond donors (Lipinski definition) is 3. The van der Waals surface area contributed by atoms with Gasteiger partial charge in [0.05, 0.1) is 30.6 Å². The van der Waals surface area contributed by atoms with Crippen LogP contribution in [0.2, 0.25) is 0 Å². The van der Waals surface area contributed by atoms with E-state index in [0.717, 1.165) is 27.7 Å². The molecule has 0 fully saturated rings. The maximum atomic E-state index is 12.5. The fourth-order valence-electron chi connectivity index (χ4n) is 3.40. The zero-order valence-corrected chi connectivity index (χ0v) is 19.5. The molecule has 0 radical (unpaired) electrons. The molecular formula is C22H27N9O2. The number of nitrogens with zero attached hydrogens (tertiary/aromatic N) is 6. The molecule has 0 bridgehead atoms. The maximum absolute atomic E-state index is 12.5. The molecular weight excluding hydrogens is 422 g/mol. The number of pyridine rings is 1. The number of nitrogens with one attached hydrogen (secondary N) is 3. The van der Waals surface area contributed by atoms with Crippen LogP contribution in [0.25, 0.3) is 22.2 Å². The van der Waals surface area contributed by atoms with Crippen molar-refractivity contribution >= 4 is 34.3 Å². The molecule has 3 N–H and O–H groups in total. The molecule has 11 nitrogen and oxygen atoms in total. The fraction of sp³-hybridized carbons (Fsp3) is 0.318. The number of aromatic amines is 1. The van der Waals surface area contributed by atoms with Gasteiger partial charge >= 0.3 is 0 Å². The van der Waals surface area contributed by atoms with Gasteiger partial charge in [-0.2, -0.15) is 0 Å². The topological polar surface area (TPSA) is 126 Å². The number of methoxy groups -OCH3 is 1. The van der Waals surface area contributed by atoms with Gasteiger partial charge < -0.3 is 20.4 Å². The number of carbonyl (C=O) groups is 1. The summed E-state index contributed by atoms with van der Waals surface area (Å²) in [6.07, 6.45) is 7.09. The Morgan fingerprint density at radius 3 is 2.82 bits per heavy atom. The third kappa shape index (κ3) is 4.35. The Bertz CT molecular complexity index is 1310. The van der Waals surface area contributed by atoms with Gasteiger partial charge in [0, 0.05) is 36.6 Å². The van der Waals surface area contributed by atoms with Crippen molar-refractivity contribution in [3.8, 4) is 17.1 Å². The van der Waals surface area contributed by atoms with Crippen molar-refractivity contribution in [2.24, 2.45) is 7.05 Å². The molecule has 0 aliphatic heterocycles. The first-order valence-corrected chi connectivity index (χ1v) is 10.4. The summed E-state index contributed by atoms with van der Waals surface area (Å²) in [4.78, 5) is 31.1. The Labute approximate surface area is 191 Å². The van der Waals surface area contributed by atoms with Gasteiger partial charge in [0.25, 0.3) is 5.88 Å². The standard InChI is InChI=1S/C22H27N9O2/c1-12-9-25-22(26-16-11-31(5)29-21(16)33-6)27-17(12)15-10-24-18-14(15)7-8-23-19(18)28-20(32)13(2)30(3)4/h7-11,13,24H,1-6H3,(H,23,28,32)(H,25,26,27)/t13-/m1/s1. The zero-order valence-electron chi connectivity index (χ0n) is 19.5. The molecule has 0 aromatic carbocycles. The van der Waals surface area contributed by atoms with Gasteiger partial charge in [-0.3, -0.25) is 14.4 Å². The van der Waals surface area contributed by atoms with E-state index in [1.807, 2.05) is 52.2 Å². The van der Waals surface area contributed by atoms with Crippen molar-refractivity contribution < 1.29 is 9.53 Å². The lowest BCUT2D eigenvalue weighted by atomic mass is 10.1. The van der Waals surface area contributed by atoms with Crippen LogP contribution in [-0.4, -0.2) is 67.8 Å². The third-order valence-corrected chi connectivity index (χ3v) is 5.46. The van der Waals surface area contributed by atoms with E-state index in [1.165, 1.54) is 0 Å². The predicted octanol–water partition coefficient (Wildman–Crippen LogP) is 2.70. The summed E-state index contributed by atoms with van der Waals surface area (Å²) in [6.45, 7) is 3.79. The molecule has 0 unspecified atom stereocenters. The van der Waals surface area contributed by atoms with Gasteiger partial charge in [0.2, 0.25) is 11.9 Å². The van der Waals surface area contributed by atoms with Gasteiger partial charge in [-0.15, -0.1) is 5.10 Å². The molecule has 11 heteroatoms. The summed E-state index contributed by atoms with van der Waals surface area (Å²) < 4.78 is 6.95. The molecule has 4 heterocycles. The van der Waals surface area contributed by atoms with Gasteiger partial charge in [-0.25, -0.2) is 15.0 Å². The van der Waals surface area contributed by atoms with Crippen LogP contribution in [0.1, 0.15) is 12.5 Å². The second kappa shape index (κ2) is 8.87. The smallest absolute Gasteiger partial charge is 0.256 e. The van der Waals surface area contributed by atoms with Crippen LogP contribution in [0.3, 0.4) is 0 Å². The highest BCUT2D eigenvalue weighted by Crippen LogP contribution is 2.33. The first-order chi connectivity index (χ1) is 15.8. The highest BCUT2D eigenvalue weighted by molar-refractivity contribution is 6.05. The summed E-state index contributed by atoms with van der Waals surface area (Å²) in [7, 11) is 7.08. The fourth-order valence-corrected chi connectivity index (χ4v) is 3.40. The number of aryl methyl sites for hydroxylation is 2. The van der Waals surface area contributed by atoms with Gasteiger partial charge in [-0.05, 0) is 39.6 Å². The van der Waals surface area contributed by atoms with E-state index in [1.54, 1.807) is 30.4 Å². The summed E-state index contributed by atoms with van der Waals surface area (Å²) in [5, 5.41) is 11.2. The van der Waals surface area contributed by atoms with Crippen molar-refractivity contribution in [2.75, 3.05) is 31.8 Å². The Balaban J connectivity index is 1.69. The molecule has 0 aliphatic carbocycles. The van der Waals surface area contributed by atoms with Crippen LogP contribution in [-0.2, 0) is 11.8 Å². The minimum absolute atomic E-state index is 0.133. The van der Waals surface area contributed by atoms with Crippen LogP contribution < -0.4 is 15.4 Å². The van der Waals surface area contributed by atoms with Crippen LogP contribution in [0.4, 0.5) is 17.5 Å². The average Bonchev–Trinajstić information content (AvgIpc) is 3.37. The number of fused-ring (bicyclic) bond motifs is 1. The molecule has 0 spiro atoms. The molecule has 4 rings (SSSR count). The van der Waals surface area contributed by atoms with E-state index in [4.69, 9.17) is 9.72 Å². The second-order valence-electron chi connectivity index (χ2n) is 7.99. The minimum Gasteiger partial charge on any atom is -0.478 e. The molecule has 0 saturated heterocycles. The number of ether oxygens (including phenoxy) is 1. The van der Waals surface area contributed by atoms with Crippen LogP contribution in [0.5, 0.6) is 5.88 Å². The van der Waals surface area contributed by atoms with Crippen molar-refractivity contribution in [1.29, 1.82) is 0 Å². The normalized spacial score (nSPS) is 12.2. The van der Waals surface area contributed by atoms with Crippen LogP contribution in [0.15, 0.2) is 30.9 Å². The van der Waals surface area contributed by atoms with Crippen molar-refractivity contribution in [1.82, 2.24) is 34.6 Å². The lowest BCUT2D eigenvalue weighted by Crippen LogP contribution is -2.37. The summed E-state index contributed by atoms with van der Waals surface area (Å²) in [5.74, 6) is 1.21. The van der Waals surface area contributed by atoms with Crippen LogP contribution >= 0.6 is 0 Å². The molecule has 4 aromatic heterocycles. The molecule has 1 amide bonds. The quantitative estimate of drug-likeness (QED) is 0.393. The Morgan fingerprint density at radius 1 is 1.30 bits per heavy atom. The van der Waals surface area contributed by atoms with E-state index in [9.17, 15) is 4.79 Å². The van der Waals surface area contributed by atoms with E-state index >= 15 is 0 Å². The van der Waals surface area contributed by atoms with Gasteiger partial charge in [0.15, 0.2) is 5.82 Å². The average molecular weight is 450 g/mol. The van der Waals surface area contributed by atoms with E-state index in [-0.39, 0.29) is 11.9 Å². The molecule has 33 heavy (non-hydrogen) atoms. The number of carbonyl (C=O) groups excluding carboxylic acids is 1. The predicted molar refractivity (Wildman–Crippen MR) is 127 cm³/mol. The summed E-state index contributed by atoms with van der Waals surface area (Å²) in [6, 6.07) is 1.60. The molecule has 0 saturated carbocycles. The van der Waals surface area contributed by atoms with E-state index < -0.39 is 0 Å². The zero-order chi connectivity index (χ0) is 23.7.